The first-order valence-electron chi connectivity index (χ1n) is 7.37. The van der Waals surface area contributed by atoms with E-state index in [1.165, 1.54) is 32.2 Å². The Morgan fingerprint density at radius 2 is 2.21 bits per heavy atom. The highest BCUT2D eigenvalue weighted by atomic mass is 16.6. The second-order valence-electron chi connectivity index (χ2n) is 5.21. The van der Waals surface area contributed by atoms with E-state index in [0.717, 1.165) is 6.42 Å². The fourth-order valence-corrected chi connectivity index (χ4v) is 2.20. The van der Waals surface area contributed by atoms with Gasteiger partial charge in [-0.1, -0.05) is 0 Å². The average molecular weight is 338 g/mol. The first-order valence-corrected chi connectivity index (χ1v) is 7.37. The summed E-state index contributed by atoms with van der Waals surface area (Å²) in [5.74, 6) is -1.02. The van der Waals surface area contributed by atoms with Crippen LogP contribution in [0.2, 0.25) is 0 Å². The van der Waals surface area contributed by atoms with Gasteiger partial charge < -0.3 is 19.5 Å². The highest BCUT2D eigenvalue weighted by Crippen LogP contribution is 2.29. The predicted octanol–water partition coefficient (Wildman–Crippen LogP) is 1.65. The molecule has 1 saturated heterocycles. The van der Waals surface area contributed by atoms with Crippen molar-refractivity contribution in [1.29, 1.82) is 0 Å². The van der Waals surface area contributed by atoms with Gasteiger partial charge in [0.05, 0.1) is 23.8 Å². The van der Waals surface area contributed by atoms with Crippen LogP contribution in [0.1, 0.15) is 19.8 Å². The second kappa shape index (κ2) is 7.73. The highest BCUT2D eigenvalue weighted by molar-refractivity contribution is 5.96. The lowest BCUT2D eigenvalue weighted by Crippen LogP contribution is -2.34. The van der Waals surface area contributed by atoms with Gasteiger partial charge in [0, 0.05) is 12.7 Å². The number of esters is 1. The summed E-state index contributed by atoms with van der Waals surface area (Å²) in [4.78, 5) is 34.1. The van der Waals surface area contributed by atoms with Gasteiger partial charge in [-0.05, 0) is 25.8 Å². The van der Waals surface area contributed by atoms with E-state index in [4.69, 9.17) is 14.2 Å². The summed E-state index contributed by atoms with van der Waals surface area (Å²) >= 11 is 0. The van der Waals surface area contributed by atoms with Gasteiger partial charge in [-0.2, -0.15) is 0 Å². The van der Waals surface area contributed by atoms with E-state index in [0.29, 0.717) is 13.0 Å². The van der Waals surface area contributed by atoms with Gasteiger partial charge in [-0.25, -0.2) is 4.79 Å². The number of nitro benzene ring substituents is 1. The molecule has 2 atom stereocenters. The Hall–Kier alpha value is -2.68. The van der Waals surface area contributed by atoms with E-state index in [1.54, 1.807) is 0 Å². The number of rotatable bonds is 6. The van der Waals surface area contributed by atoms with E-state index in [9.17, 15) is 19.7 Å². The lowest BCUT2D eigenvalue weighted by atomic mass is 10.2. The molecular weight excluding hydrogens is 320 g/mol. The smallest absolute Gasteiger partial charge is 0.336 e. The number of methoxy groups -OCH3 is 1. The molecule has 1 aromatic carbocycles. The van der Waals surface area contributed by atoms with Crippen LogP contribution in [-0.4, -0.2) is 42.7 Å². The maximum absolute atomic E-state index is 12.1. The molecule has 1 aromatic rings. The first kappa shape index (κ1) is 17.7. The van der Waals surface area contributed by atoms with E-state index < -0.39 is 29.0 Å². The summed E-state index contributed by atoms with van der Waals surface area (Å²) in [6.07, 6.45) is -0.320. The molecule has 1 N–H and O–H groups in total. The van der Waals surface area contributed by atoms with Crippen molar-refractivity contribution in [2.24, 2.45) is 0 Å². The van der Waals surface area contributed by atoms with Gasteiger partial charge in [0.2, 0.25) is 0 Å². The molecule has 0 bridgehead atoms. The topological polar surface area (TPSA) is 117 Å². The number of hydrogen-bond donors (Lipinski definition) is 1. The molecule has 1 amide bonds. The van der Waals surface area contributed by atoms with Crippen LogP contribution in [-0.2, 0) is 19.1 Å². The van der Waals surface area contributed by atoms with Gasteiger partial charge in [-0.15, -0.1) is 0 Å². The molecule has 0 aromatic heterocycles. The van der Waals surface area contributed by atoms with Crippen molar-refractivity contribution in [3.05, 3.63) is 28.3 Å². The normalized spacial score (nSPS) is 17.8. The number of nitrogens with one attached hydrogen (secondary N) is 1. The summed E-state index contributed by atoms with van der Waals surface area (Å²) in [7, 11) is 1.33. The monoisotopic (exact) mass is 338 g/mol. The Bertz CT molecular complexity index is 641. The number of ether oxygens (including phenoxy) is 3. The van der Waals surface area contributed by atoms with Crippen LogP contribution in [0.25, 0.3) is 0 Å². The van der Waals surface area contributed by atoms with Crippen molar-refractivity contribution < 1.29 is 28.7 Å². The molecule has 0 spiro atoms. The number of anilines is 1. The molecule has 0 unspecified atom stereocenters. The van der Waals surface area contributed by atoms with E-state index in [2.05, 4.69) is 5.32 Å². The Labute approximate surface area is 138 Å². The zero-order chi connectivity index (χ0) is 17.7. The zero-order valence-electron chi connectivity index (χ0n) is 13.3. The lowest BCUT2D eigenvalue weighted by Gasteiger charge is -2.16. The van der Waals surface area contributed by atoms with Crippen LogP contribution in [0, 0.1) is 10.1 Å². The maximum Gasteiger partial charge on any atom is 0.336 e. The minimum absolute atomic E-state index is 0.134. The molecule has 1 aliphatic heterocycles. The summed E-state index contributed by atoms with van der Waals surface area (Å²) in [6, 6.07) is 3.78. The van der Waals surface area contributed by atoms with Crippen molar-refractivity contribution in [3.63, 3.8) is 0 Å². The Morgan fingerprint density at radius 3 is 2.79 bits per heavy atom. The van der Waals surface area contributed by atoms with Gasteiger partial charge in [0.1, 0.15) is 5.75 Å². The lowest BCUT2D eigenvalue weighted by molar-refractivity contribution is -0.384. The molecule has 0 aliphatic carbocycles. The minimum Gasteiger partial charge on any atom is -0.494 e. The van der Waals surface area contributed by atoms with Crippen LogP contribution in [0.4, 0.5) is 11.4 Å². The van der Waals surface area contributed by atoms with Crippen LogP contribution in [0.15, 0.2) is 18.2 Å². The number of hydrogen-bond acceptors (Lipinski definition) is 7. The number of benzene rings is 1. The quantitative estimate of drug-likeness (QED) is 0.476. The molecular formula is C15H18N2O7. The fraction of sp³-hybridized carbons (Fsp3) is 0.467. The molecule has 0 saturated carbocycles. The number of non-ortho nitro benzene ring substituents is 1. The largest absolute Gasteiger partial charge is 0.494 e. The van der Waals surface area contributed by atoms with Gasteiger partial charge in [-0.3, -0.25) is 14.9 Å². The molecule has 9 heteroatoms. The molecule has 1 aliphatic rings. The molecule has 0 radical (unpaired) electrons. The van der Waals surface area contributed by atoms with E-state index in [1.807, 2.05) is 0 Å². The predicted molar refractivity (Wildman–Crippen MR) is 82.8 cm³/mol. The van der Waals surface area contributed by atoms with E-state index in [-0.39, 0.29) is 17.1 Å². The molecule has 2 rings (SSSR count). The standard InChI is InChI=1S/C15H18N2O7/c1-9(24-15(19)12-4-3-7-23-12)14(18)16-11-6-5-10(17(20)21)8-13(11)22-2/h5-6,8-9,12H,3-4,7H2,1-2H3,(H,16,18)/t9-,12+/m1/s1. The minimum atomic E-state index is -1.04. The first-order chi connectivity index (χ1) is 11.4. The average Bonchev–Trinajstić information content (AvgIpc) is 3.09. The third kappa shape index (κ3) is 4.19. The number of nitrogens with zero attached hydrogens (tertiary/aromatic N) is 1. The molecule has 9 nitrogen and oxygen atoms in total. The number of nitro groups is 1. The number of carbonyl (C=O) groups excluding carboxylic acids is 2. The Morgan fingerprint density at radius 1 is 1.46 bits per heavy atom. The maximum atomic E-state index is 12.1. The van der Waals surface area contributed by atoms with Crippen LogP contribution < -0.4 is 10.1 Å². The summed E-state index contributed by atoms with van der Waals surface area (Å²) < 4.78 is 15.3. The molecule has 24 heavy (non-hydrogen) atoms. The van der Waals surface area contributed by atoms with Crippen LogP contribution >= 0.6 is 0 Å². The second-order valence-corrected chi connectivity index (χ2v) is 5.21. The number of carbonyl (C=O) groups is 2. The Balaban J connectivity index is 2.00. The van der Waals surface area contributed by atoms with Gasteiger partial charge in [0.15, 0.2) is 12.2 Å². The summed E-state index contributed by atoms with van der Waals surface area (Å²) in [6.45, 7) is 1.93. The molecule has 1 heterocycles. The van der Waals surface area contributed by atoms with Crippen LogP contribution in [0.5, 0.6) is 5.75 Å². The van der Waals surface area contributed by atoms with Crippen LogP contribution in [0.3, 0.4) is 0 Å². The fourth-order valence-electron chi connectivity index (χ4n) is 2.20. The van der Waals surface area contributed by atoms with Crippen molar-refractivity contribution in [2.75, 3.05) is 19.0 Å². The van der Waals surface area contributed by atoms with Gasteiger partial charge >= 0.3 is 5.97 Å². The number of amides is 1. The summed E-state index contributed by atoms with van der Waals surface area (Å²) in [5.41, 5.74) is 0.0795. The molecule has 1 fully saturated rings. The van der Waals surface area contributed by atoms with Crippen molar-refractivity contribution in [1.82, 2.24) is 0 Å². The van der Waals surface area contributed by atoms with Crippen molar-refractivity contribution in [3.8, 4) is 5.75 Å². The summed E-state index contributed by atoms with van der Waals surface area (Å²) in [5, 5.41) is 13.3. The Kier molecular flexibility index (Phi) is 5.69. The van der Waals surface area contributed by atoms with Crippen molar-refractivity contribution >= 4 is 23.3 Å². The molecule has 130 valence electrons. The van der Waals surface area contributed by atoms with Crippen molar-refractivity contribution in [2.45, 2.75) is 32.0 Å². The zero-order valence-corrected chi connectivity index (χ0v) is 13.3. The highest BCUT2D eigenvalue weighted by Gasteiger charge is 2.28. The van der Waals surface area contributed by atoms with Gasteiger partial charge in [0.25, 0.3) is 11.6 Å². The third-order valence-electron chi connectivity index (χ3n) is 3.51. The SMILES string of the molecule is COc1cc([N+](=O)[O-])ccc1NC(=O)[C@@H](C)OC(=O)[C@@H]1CCCO1. The van der Waals surface area contributed by atoms with E-state index >= 15 is 0 Å². The third-order valence-corrected chi connectivity index (χ3v) is 3.51.